The van der Waals surface area contributed by atoms with E-state index in [9.17, 15) is 0 Å². The van der Waals surface area contributed by atoms with Crippen molar-refractivity contribution in [1.82, 2.24) is 9.69 Å². The van der Waals surface area contributed by atoms with Gasteiger partial charge in [-0.25, -0.2) is 0 Å². The third-order valence-electron chi connectivity index (χ3n) is 3.51. The van der Waals surface area contributed by atoms with Gasteiger partial charge in [0.05, 0.1) is 7.11 Å². The van der Waals surface area contributed by atoms with Crippen LogP contribution in [-0.4, -0.2) is 17.5 Å². The number of hydrogen-bond acceptors (Lipinski definition) is 4. The van der Waals surface area contributed by atoms with Gasteiger partial charge in [-0.2, -0.15) is 4.37 Å². The minimum absolute atomic E-state index is 0.372. The standard InChI is InChI=1S/C12H20N2OS/c1-8(10-5-4-6-10)13-9(2)11-7-12(15-3)14-16-11/h7-10,13H,4-6H2,1-3H3. The van der Waals surface area contributed by atoms with Crippen molar-refractivity contribution in [3.05, 3.63) is 10.9 Å². The summed E-state index contributed by atoms with van der Waals surface area (Å²) in [6.07, 6.45) is 4.17. The molecular formula is C12H20N2OS. The molecule has 16 heavy (non-hydrogen) atoms. The number of ether oxygens (including phenoxy) is 1. The average molecular weight is 240 g/mol. The molecule has 1 fully saturated rings. The Morgan fingerprint density at radius 2 is 2.25 bits per heavy atom. The van der Waals surface area contributed by atoms with Crippen LogP contribution in [0.1, 0.15) is 44.0 Å². The molecule has 0 radical (unpaired) electrons. The Balaban J connectivity index is 1.88. The number of nitrogens with one attached hydrogen (secondary N) is 1. The molecule has 1 N–H and O–H groups in total. The van der Waals surface area contributed by atoms with Crippen LogP contribution in [0.25, 0.3) is 0 Å². The molecule has 0 saturated heterocycles. The van der Waals surface area contributed by atoms with Crippen molar-refractivity contribution in [2.75, 3.05) is 7.11 Å². The lowest BCUT2D eigenvalue weighted by Gasteiger charge is -2.33. The lowest BCUT2D eigenvalue weighted by atomic mass is 9.80. The Morgan fingerprint density at radius 1 is 1.50 bits per heavy atom. The lowest BCUT2D eigenvalue weighted by molar-refractivity contribution is 0.230. The third-order valence-corrected chi connectivity index (χ3v) is 4.47. The lowest BCUT2D eigenvalue weighted by Crippen LogP contribution is -2.38. The van der Waals surface area contributed by atoms with E-state index in [1.165, 1.54) is 35.7 Å². The van der Waals surface area contributed by atoms with Crippen LogP contribution < -0.4 is 10.1 Å². The van der Waals surface area contributed by atoms with Crippen molar-refractivity contribution in [2.45, 2.75) is 45.2 Å². The molecule has 0 amide bonds. The van der Waals surface area contributed by atoms with Crippen molar-refractivity contribution in [3.8, 4) is 5.88 Å². The fourth-order valence-electron chi connectivity index (χ4n) is 2.12. The van der Waals surface area contributed by atoms with Gasteiger partial charge in [0.1, 0.15) is 0 Å². The molecule has 0 bridgehead atoms. The monoisotopic (exact) mass is 240 g/mol. The Hall–Kier alpha value is -0.610. The molecule has 0 aliphatic heterocycles. The third kappa shape index (κ3) is 2.55. The van der Waals surface area contributed by atoms with Gasteiger partial charge in [-0.15, -0.1) is 0 Å². The summed E-state index contributed by atoms with van der Waals surface area (Å²) in [6.45, 7) is 4.49. The van der Waals surface area contributed by atoms with Crippen molar-refractivity contribution >= 4 is 11.5 Å². The zero-order chi connectivity index (χ0) is 11.5. The molecule has 0 aromatic carbocycles. The number of nitrogens with zero attached hydrogens (tertiary/aromatic N) is 1. The van der Waals surface area contributed by atoms with Crippen LogP contribution in [0, 0.1) is 5.92 Å². The molecule has 2 unspecified atom stereocenters. The van der Waals surface area contributed by atoms with E-state index in [0.29, 0.717) is 12.1 Å². The molecule has 1 aromatic heterocycles. The van der Waals surface area contributed by atoms with Crippen LogP contribution in [0.3, 0.4) is 0 Å². The molecular weight excluding hydrogens is 220 g/mol. The predicted molar refractivity (Wildman–Crippen MR) is 67.0 cm³/mol. The fraction of sp³-hybridized carbons (Fsp3) is 0.750. The van der Waals surface area contributed by atoms with Crippen LogP contribution in [0.2, 0.25) is 0 Å². The summed E-state index contributed by atoms with van der Waals surface area (Å²) >= 11 is 1.52. The number of hydrogen-bond donors (Lipinski definition) is 1. The van der Waals surface area contributed by atoms with Crippen LogP contribution in [0.5, 0.6) is 5.88 Å². The average Bonchev–Trinajstić information content (AvgIpc) is 2.62. The van der Waals surface area contributed by atoms with Gasteiger partial charge in [-0.05, 0) is 44.1 Å². The van der Waals surface area contributed by atoms with Crippen molar-refractivity contribution in [2.24, 2.45) is 5.92 Å². The topological polar surface area (TPSA) is 34.1 Å². The number of methoxy groups -OCH3 is 1. The Morgan fingerprint density at radius 3 is 2.75 bits per heavy atom. The summed E-state index contributed by atoms with van der Waals surface area (Å²) in [6, 6.07) is 3.00. The van der Waals surface area contributed by atoms with Gasteiger partial charge in [0, 0.05) is 23.0 Å². The van der Waals surface area contributed by atoms with E-state index >= 15 is 0 Å². The fourth-order valence-corrected chi connectivity index (χ4v) is 2.83. The maximum atomic E-state index is 5.10. The van der Waals surface area contributed by atoms with Crippen LogP contribution in [-0.2, 0) is 0 Å². The highest BCUT2D eigenvalue weighted by Crippen LogP contribution is 2.31. The van der Waals surface area contributed by atoms with E-state index in [-0.39, 0.29) is 0 Å². The van der Waals surface area contributed by atoms with Crippen molar-refractivity contribution < 1.29 is 4.74 Å². The first-order valence-corrected chi connectivity index (χ1v) is 6.74. The second-order valence-corrected chi connectivity index (χ2v) is 5.48. The maximum absolute atomic E-state index is 5.10. The first-order valence-electron chi connectivity index (χ1n) is 5.97. The summed E-state index contributed by atoms with van der Waals surface area (Å²) in [5, 5.41) is 3.65. The predicted octanol–water partition coefficient (Wildman–Crippen LogP) is 2.99. The highest BCUT2D eigenvalue weighted by Gasteiger charge is 2.25. The second kappa shape index (κ2) is 5.15. The quantitative estimate of drug-likeness (QED) is 0.859. The highest BCUT2D eigenvalue weighted by molar-refractivity contribution is 7.06. The molecule has 90 valence electrons. The molecule has 2 atom stereocenters. The number of rotatable bonds is 5. The Labute approximate surface area is 101 Å². The summed E-state index contributed by atoms with van der Waals surface area (Å²) in [5.74, 6) is 1.60. The second-order valence-electron chi connectivity index (χ2n) is 4.64. The smallest absolute Gasteiger partial charge is 0.225 e. The zero-order valence-electron chi connectivity index (χ0n) is 10.2. The molecule has 1 saturated carbocycles. The molecule has 4 heteroatoms. The highest BCUT2D eigenvalue weighted by atomic mass is 32.1. The maximum Gasteiger partial charge on any atom is 0.225 e. The summed E-state index contributed by atoms with van der Waals surface area (Å²) in [5.41, 5.74) is 0. The van der Waals surface area contributed by atoms with E-state index in [1.807, 2.05) is 6.07 Å². The largest absolute Gasteiger partial charge is 0.480 e. The van der Waals surface area contributed by atoms with E-state index in [0.717, 1.165) is 11.8 Å². The van der Waals surface area contributed by atoms with Gasteiger partial charge < -0.3 is 10.1 Å². The summed E-state index contributed by atoms with van der Waals surface area (Å²) in [4.78, 5) is 1.25. The number of aromatic nitrogens is 1. The molecule has 1 aliphatic rings. The van der Waals surface area contributed by atoms with Gasteiger partial charge in [0.25, 0.3) is 0 Å². The molecule has 3 nitrogen and oxygen atoms in total. The van der Waals surface area contributed by atoms with Crippen LogP contribution in [0.4, 0.5) is 0 Å². The van der Waals surface area contributed by atoms with Crippen LogP contribution in [0.15, 0.2) is 6.07 Å². The molecule has 1 aromatic rings. The van der Waals surface area contributed by atoms with Gasteiger partial charge in [0.2, 0.25) is 5.88 Å². The van der Waals surface area contributed by atoms with E-state index in [4.69, 9.17) is 4.74 Å². The van der Waals surface area contributed by atoms with E-state index < -0.39 is 0 Å². The van der Waals surface area contributed by atoms with Crippen LogP contribution >= 0.6 is 11.5 Å². The van der Waals surface area contributed by atoms with Crippen molar-refractivity contribution in [1.29, 1.82) is 0 Å². The molecule has 2 rings (SSSR count). The zero-order valence-corrected chi connectivity index (χ0v) is 11.0. The summed E-state index contributed by atoms with van der Waals surface area (Å²) < 4.78 is 9.32. The molecule has 1 aliphatic carbocycles. The van der Waals surface area contributed by atoms with Crippen molar-refractivity contribution in [3.63, 3.8) is 0 Å². The minimum Gasteiger partial charge on any atom is -0.480 e. The first-order chi connectivity index (χ1) is 7.70. The summed E-state index contributed by atoms with van der Waals surface area (Å²) in [7, 11) is 1.66. The van der Waals surface area contributed by atoms with Gasteiger partial charge in [-0.3, -0.25) is 0 Å². The first kappa shape index (κ1) is 11.9. The molecule has 0 spiro atoms. The Bertz CT molecular complexity index is 336. The molecule has 1 heterocycles. The Kier molecular flexibility index (Phi) is 3.82. The SMILES string of the molecule is COc1cc(C(C)NC(C)C2CCC2)sn1. The van der Waals surface area contributed by atoms with E-state index in [1.54, 1.807) is 7.11 Å². The normalized spacial score (nSPS) is 20.2. The van der Waals surface area contributed by atoms with Gasteiger partial charge in [0.15, 0.2) is 0 Å². The van der Waals surface area contributed by atoms with E-state index in [2.05, 4.69) is 23.5 Å². The van der Waals surface area contributed by atoms with Gasteiger partial charge in [-0.1, -0.05) is 6.42 Å². The van der Waals surface area contributed by atoms with Gasteiger partial charge >= 0.3 is 0 Å². The minimum atomic E-state index is 0.372.